The van der Waals surface area contributed by atoms with Crippen LogP contribution < -0.4 is 0 Å². The smallest absolute Gasteiger partial charge is 0.164 e. The van der Waals surface area contributed by atoms with E-state index in [0.29, 0.717) is 17.5 Å². The van der Waals surface area contributed by atoms with Crippen LogP contribution in [0.5, 0.6) is 0 Å². The highest BCUT2D eigenvalue weighted by Crippen LogP contribution is 2.42. The molecule has 0 N–H and O–H groups in total. The quantitative estimate of drug-likeness (QED) is 0.158. The van der Waals surface area contributed by atoms with Crippen molar-refractivity contribution in [2.24, 2.45) is 0 Å². The van der Waals surface area contributed by atoms with Gasteiger partial charge >= 0.3 is 0 Å². The summed E-state index contributed by atoms with van der Waals surface area (Å²) in [6, 6.07) is 80.2. The fourth-order valence-electron chi connectivity index (χ4n) is 9.35. The second-order valence-electron chi connectivity index (χ2n) is 15.9. The minimum Gasteiger partial charge on any atom is -0.208 e. The Hall–Kier alpha value is -8.27. The van der Waals surface area contributed by atoms with E-state index in [2.05, 4.69) is 200 Å². The minimum absolute atomic E-state index is 0.613. The average molecular weight is 788 g/mol. The van der Waals surface area contributed by atoms with Crippen LogP contribution in [0, 0.1) is 0 Å². The largest absolute Gasteiger partial charge is 0.208 e. The molecule has 3 nitrogen and oxygen atoms in total. The van der Waals surface area contributed by atoms with Crippen LogP contribution >= 0.6 is 0 Å². The first-order valence-electron chi connectivity index (χ1n) is 21.1. The average Bonchev–Trinajstić information content (AvgIpc) is 3.36. The molecule has 0 unspecified atom stereocenters. The first-order valence-corrected chi connectivity index (χ1v) is 21.1. The Morgan fingerprint density at radius 3 is 1.32 bits per heavy atom. The van der Waals surface area contributed by atoms with Gasteiger partial charge in [0.2, 0.25) is 0 Å². The number of nitrogens with zero attached hydrogens (tertiary/aromatic N) is 3. The minimum atomic E-state index is 0.613. The molecule has 0 amide bonds. The van der Waals surface area contributed by atoms with E-state index < -0.39 is 0 Å². The van der Waals surface area contributed by atoms with Crippen LogP contribution in [0.1, 0.15) is 0 Å². The summed E-state index contributed by atoms with van der Waals surface area (Å²) in [6.45, 7) is 0. The highest BCUT2D eigenvalue weighted by atomic mass is 15.0. The van der Waals surface area contributed by atoms with Crippen molar-refractivity contribution in [2.45, 2.75) is 0 Å². The molecular formula is C59H37N3. The van der Waals surface area contributed by atoms with Crippen molar-refractivity contribution in [1.82, 2.24) is 15.0 Å². The van der Waals surface area contributed by atoms with E-state index in [-0.39, 0.29) is 0 Å². The lowest BCUT2D eigenvalue weighted by atomic mass is 9.89. The molecule has 62 heavy (non-hydrogen) atoms. The number of hydrogen-bond donors (Lipinski definition) is 0. The number of benzene rings is 11. The Kier molecular flexibility index (Phi) is 8.50. The van der Waals surface area contributed by atoms with Gasteiger partial charge in [0.25, 0.3) is 0 Å². The zero-order chi connectivity index (χ0) is 41.0. The fraction of sp³-hybridized carbons (Fsp3) is 0. The monoisotopic (exact) mass is 787 g/mol. The van der Waals surface area contributed by atoms with Crippen LogP contribution in [0.25, 0.3) is 121 Å². The van der Waals surface area contributed by atoms with Gasteiger partial charge < -0.3 is 0 Å². The van der Waals surface area contributed by atoms with Crippen molar-refractivity contribution < 1.29 is 0 Å². The van der Waals surface area contributed by atoms with Crippen molar-refractivity contribution in [3.8, 4) is 67.5 Å². The van der Waals surface area contributed by atoms with Crippen LogP contribution in [0.4, 0.5) is 0 Å². The van der Waals surface area contributed by atoms with Gasteiger partial charge in [0, 0.05) is 16.7 Å². The Morgan fingerprint density at radius 1 is 0.194 bits per heavy atom. The molecular weight excluding hydrogens is 751 g/mol. The second-order valence-corrected chi connectivity index (χ2v) is 15.9. The summed E-state index contributed by atoms with van der Waals surface area (Å²) in [4.78, 5) is 15.8. The van der Waals surface area contributed by atoms with Crippen LogP contribution in [0.2, 0.25) is 0 Å². The maximum atomic E-state index is 5.37. The molecule has 288 valence electrons. The lowest BCUT2D eigenvalue weighted by Gasteiger charge is -2.16. The third-order valence-electron chi connectivity index (χ3n) is 12.3. The van der Waals surface area contributed by atoms with Gasteiger partial charge in [0.05, 0.1) is 0 Å². The molecule has 11 aromatic carbocycles. The van der Waals surface area contributed by atoms with Gasteiger partial charge in [-0.1, -0.05) is 194 Å². The summed E-state index contributed by atoms with van der Waals surface area (Å²) < 4.78 is 0. The molecule has 0 aliphatic rings. The maximum Gasteiger partial charge on any atom is 0.164 e. The van der Waals surface area contributed by atoms with Crippen LogP contribution in [-0.4, -0.2) is 15.0 Å². The third-order valence-corrected chi connectivity index (χ3v) is 12.3. The zero-order valence-electron chi connectivity index (χ0n) is 33.7. The van der Waals surface area contributed by atoms with E-state index in [1.807, 2.05) is 24.3 Å². The van der Waals surface area contributed by atoms with E-state index in [9.17, 15) is 0 Å². The molecule has 0 bridgehead atoms. The van der Waals surface area contributed by atoms with E-state index >= 15 is 0 Å². The number of aromatic nitrogens is 3. The molecule has 12 rings (SSSR count). The standard InChI is InChI=1S/C59H37N3/c1-3-17-38(18-4-1)45-22-9-16-30-54(45)59-61-57(39-19-5-2-6-20-39)60-58(62-59)44-34-42(33-43(35-44)55-37-41-21-7-8-23-46(41)47-24-10-14-28-51(47)55)40-31-32-53-50-27-12-11-25-48(50)49-26-13-15-29-52(49)56(53)36-40/h1-37H. The summed E-state index contributed by atoms with van der Waals surface area (Å²) in [5, 5.41) is 12.4. The normalized spacial score (nSPS) is 11.5. The Labute approximate surface area is 359 Å². The first-order chi connectivity index (χ1) is 30.7. The van der Waals surface area contributed by atoms with Gasteiger partial charge in [-0.15, -0.1) is 0 Å². The van der Waals surface area contributed by atoms with E-state index in [0.717, 1.165) is 50.1 Å². The predicted octanol–water partition coefficient (Wildman–Crippen LogP) is 15.6. The van der Waals surface area contributed by atoms with E-state index in [4.69, 9.17) is 15.0 Å². The first kappa shape index (κ1) is 35.7. The van der Waals surface area contributed by atoms with Gasteiger partial charge in [0.15, 0.2) is 17.5 Å². The second kappa shape index (κ2) is 14.8. The molecule has 12 aromatic rings. The predicted molar refractivity (Wildman–Crippen MR) is 260 cm³/mol. The SMILES string of the molecule is c1ccc(-c2nc(-c3cc(-c4ccc5c6ccccc6c6ccccc6c5c4)cc(-c4cc5ccccc5c5ccccc45)c3)nc(-c3ccccc3-c3ccccc3)n2)cc1. The maximum absolute atomic E-state index is 5.37. The summed E-state index contributed by atoms with van der Waals surface area (Å²) in [5.41, 5.74) is 9.43. The molecule has 0 aliphatic heterocycles. The molecule has 3 heteroatoms. The van der Waals surface area contributed by atoms with Gasteiger partial charge in [-0.2, -0.15) is 0 Å². The molecule has 0 saturated heterocycles. The van der Waals surface area contributed by atoms with Gasteiger partial charge in [-0.25, -0.2) is 15.0 Å². The van der Waals surface area contributed by atoms with E-state index in [1.54, 1.807) is 0 Å². The zero-order valence-corrected chi connectivity index (χ0v) is 33.7. The molecule has 1 heterocycles. The Balaban J connectivity index is 1.14. The van der Waals surface area contributed by atoms with Gasteiger partial charge in [-0.3, -0.25) is 0 Å². The number of hydrogen-bond acceptors (Lipinski definition) is 3. The number of fused-ring (bicyclic) bond motifs is 9. The van der Waals surface area contributed by atoms with Crippen molar-refractivity contribution in [1.29, 1.82) is 0 Å². The van der Waals surface area contributed by atoms with E-state index in [1.165, 1.54) is 53.9 Å². The van der Waals surface area contributed by atoms with Crippen LogP contribution in [-0.2, 0) is 0 Å². The molecule has 0 aliphatic carbocycles. The summed E-state index contributed by atoms with van der Waals surface area (Å²) in [5.74, 6) is 1.86. The topological polar surface area (TPSA) is 38.7 Å². The highest BCUT2D eigenvalue weighted by molar-refractivity contribution is 6.25. The van der Waals surface area contributed by atoms with Crippen LogP contribution in [0.3, 0.4) is 0 Å². The molecule has 0 saturated carbocycles. The van der Waals surface area contributed by atoms with Crippen molar-refractivity contribution in [2.75, 3.05) is 0 Å². The molecule has 0 fully saturated rings. The molecule has 1 aromatic heterocycles. The highest BCUT2D eigenvalue weighted by Gasteiger charge is 2.19. The Bertz CT molecular complexity index is 3650. The summed E-state index contributed by atoms with van der Waals surface area (Å²) in [7, 11) is 0. The van der Waals surface area contributed by atoms with Crippen LogP contribution in [0.15, 0.2) is 224 Å². The van der Waals surface area contributed by atoms with Gasteiger partial charge in [0.1, 0.15) is 0 Å². The molecule has 0 spiro atoms. The van der Waals surface area contributed by atoms with Crippen molar-refractivity contribution in [3.05, 3.63) is 224 Å². The summed E-state index contributed by atoms with van der Waals surface area (Å²) in [6.07, 6.45) is 0. The fourth-order valence-corrected chi connectivity index (χ4v) is 9.35. The number of rotatable bonds is 6. The third kappa shape index (κ3) is 6.10. The van der Waals surface area contributed by atoms with Crippen molar-refractivity contribution >= 4 is 53.9 Å². The van der Waals surface area contributed by atoms with Gasteiger partial charge in [-0.05, 0) is 118 Å². The molecule has 0 radical (unpaired) electrons. The lowest BCUT2D eigenvalue weighted by Crippen LogP contribution is -2.01. The van der Waals surface area contributed by atoms with Crippen molar-refractivity contribution in [3.63, 3.8) is 0 Å². The summed E-state index contributed by atoms with van der Waals surface area (Å²) >= 11 is 0. The Morgan fingerprint density at radius 2 is 0.645 bits per heavy atom. The molecule has 0 atom stereocenters. The lowest BCUT2D eigenvalue weighted by molar-refractivity contribution is 1.07.